The van der Waals surface area contributed by atoms with Crippen molar-refractivity contribution in [1.82, 2.24) is 0 Å². The number of nitrogens with zero attached hydrogens (tertiary/aromatic N) is 1. The highest BCUT2D eigenvalue weighted by Gasteiger charge is 2.09. The normalized spacial score (nSPS) is 12.2. The zero-order valence-electron chi connectivity index (χ0n) is 11.4. The molecule has 1 N–H and O–H groups in total. The lowest BCUT2D eigenvalue weighted by Crippen LogP contribution is -2.15. The average molecular weight is 250 g/mol. The largest absolute Gasteiger partial charge is 0.382 e. The number of hydrogen-bond donors (Lipinski definition) is 1. The van der Waals surface area contributed by atoms with Crippen LogP contribution in [0, 0.1) is 17.0 Å². The van der Waals surface area contributed by atoms with Gasteiger partial charge in [0.1, 0.15) is 0 Å². The minimum absolute atomic E-state index is 0.150. The molecule has 0 fully saturated rings. The van der Waals surface area contributed by atoms with Gasteiger partial charge in [-0.25, -0.2) is 0 Å². The number of non-ortho nitro benzene ring substituents is 1. The predicted molar refractivity (Wildman–Crippen MR) is 75.1 cm³/mol. The van der Waals surface area contributed by atoms with Gasteiger partial charge in [0.15, 0.2) is 0 Å². The van der Waals surface area contributed by atoms with E-state index in [0.717, 1.165) is 17.7 Å². The zero-order chi connectivity index (χ0) is 13.5. The highest BCUT2D eigenvalue weighted by molar-refractivity contribution is 5.55. The molecule has 1 atom stereocenters. The third-order valence-electron chi connectivity index (χ3n) is 3.06. The van der Waals surface area contributed by atoms with Crippen LogP contribution in [0.15, 0.2) is 18.2 Å². The monoisotopic (exact) mass is 250 g/mol. The molecule has 0 heterocycles. The fourth-order valence-corrected chi connectivity index (χ4v) is 1.96. The number of aryl methyl sites for hydroxylation is 1. The summed E-state index contributed by atoms with van der Waals surface area (Å²) in [6.45, 7) is 6.24. The van der Waals surface area contributed by atoms with E-state index in [1.54, 1.807) is 18.2 Å². The van der Waals surface area contributed by atoms with Crippen molar-refractivity contribution in [2.24, 2.45) is 0 Å². The molecule has 0 saturated heterocycles. The summed E-state index contributed by atoms with van der Waals surface area (Å²) >= 11 is 0. The second-order valence-corrected chi connectivity index (χ2v) is 4.80. The topological polar surface area (TPSA) is 55.2 Å². The minimum Gasteiger partial charge on any atom is -0.382 e. The van der Waals surface area contributed by atoms with E-state index in [0.29, 0.717) is 6.04 Å². The van der Waals surface area contributed by atoms with Gasteiger partial charge < -0.3 is 5.32 Å². The Balaban J connectivity index is 2.59. The highest BCUT2D eigenvalue weighted by atomic mass is 16.6. The number of nitro benzene ring substituents is 1. The van der Waals surface area contributed by atoms with Gasteiger partial charge in [0, 0.05) is 23.9 Å². The Morgan fingerprint density at radius 1 is 1.39 bits per heavy atom. The van der Waals surface area contributed by atoms with Crippen molar-refractivity contribution < 1.29 is 4.92 Å². The lowest BCUT2D eigenvalue weighted by molar-refractivity contribution is -0.384. The second kappa shape index (κ2) is 6.99. The second-order valence-electron chi connectivity index (χ2n) is 4.80. The number of nitro groups is 1. The van der Waals surface area contributed by atoms with Crippen LogP contribution in [0.1, 0.15) is 45.1 Å². The Bertz CT molecular complexity index is 405. The zero-order valence-corrected chi connectivity index (χ0v) is 11.4. The molecule has 1 aromatic rings. The molecule has 0 amide bonds. The summed E-state index contributed by atoms with van der Waals surface area (Å²) in [6, 6.07) is 5.36. The predicted octanol–water partition coefficient (Wildman–Crippen LogP) is 4.28. The van der Waals surface area contributed by atoms with Gasteiger partial charge in [-0.3, -0.25) is 10.1 Å². The SMILES string of the molecule is CCCCCC(C)Nc1ccc([N+](=O)[O-])cc1C. The first-order chi connectivity index (χ1) is 8.54. The van der Waals surface area contributed by atoms with Gasteiger partial charge in [-0.15, -0.1) is 0 Å². The molecule has 0 bridgehead atoms. The molecule has 0 aliphatic rings. The number of nitrogens with one attached hydrogen (secondary N) is 1. The molecule has 1 aromatic carbocycles. The standard InChI is InChI=1S/C14H22N2O2/c1-4-5-6-7-12(3)15-14-9-8-13(16(17)18)10-11(14)2/h8-10,12,15H,4-7H2,1-3H3. The maximum atomic E-state index is 10.6. The van der Waals surface area contributed by atoms with Gasteiger partial charge in [-0.2, -0.15) is 0 Å². The molecule has 1 unspecified atom stereocenters. The Morgan fingerprint density at radius 3 is 2.67 bits per heavy atom. The van der Waals surface area contributed by atoms with Crippen molar-refractivity contribution in [2.75, 3.05) is 5.32 Å². The number of benzene rings is 1. The maximum Gasteiger partial charge on any atom is 0.269 e. The maximum absolute atomic E-state index is 10.6. The molecule has 0 saturated carbocycles. The summed E-state index contributed by atoms with van der Waals surface area (Å²) in [4.78, 5) is 10.3. The summed E-state index contributed by atoms with van der Waals surface area (Å²) < 4.78 is 0. The fourth-order valence-electron chi connectivity index (χ4n) is 1.96. The van der Waals surface area contributed by atoms with Crippen molar-refractivity contribution in [3.8, 4) is 0 Å². The van der Waals surface area contributed by atoms with Crippen molar-refractivity contribution in [3.63, 3.8) is 0 Å². The Kier molecular flexibility index (Phi) is 5.62. The summed E-state index contributed by atoms with van der Waals surface area (Å²) in [5.74, 6) is 0. The molecule has 0 spiro atoms. The molecule has 0 radical (unpaired) electrons. The quantitative estimate of drug-likeness (QED) is 0.446. The van der Waals surface area contributed by atoms with E-state index in [-0.39, 0.29) is 10.6 Å². The minimum atomic E-state index is -0.360. The van der Waals surface area contributed by atoms with Gasteiger partial charge in [0.05, 0.1) is 4.92 Å². The van der Waals surface area contributed by atoms with Gasteiger partial charge in [-0.1, -0.05) is 26.2 Å². The van der Waals surface area contributed by atoms with Gasteiger partial charge >= 0.3 is 0 Å². The van der Waals surface area contributed by atoms with E-state index >= 15 is 0 Å². The highest BCUT2D eigenvalue weighted by Crippen LogP contribution is 2.22. The van der Waals surface area contributed by atoms with Gasteiger partial charge in [-0.05, 0) is 31.9 Å². The number of hydrogen-bond acceptors (Lipinski definition) is 3. The molecule has 0 aliphatic carbocycles. The van der Waals surface area contributed by atoms with Crippen molar-refractivity contribution in [2.45, 2.75) is 52.5 Å². The third kappa shape index (κ3) is 4.35. The van der Waals surface area contributed by atoms with E-state index in [1.165, 1.54) is 19.3 Å². The van der Waals surface area contributed by atoms with Crippen LogP contribution >= 0.6 is 0 Å². The average Bonchev–Trinajstić information content (AvgIpc) is 2.32. The molecule has 0 aliphatic heterocycles. The van der Waals surface area contributed by atoms with Crippen LogP contribution in [0.25, 0.3) is 0 Å². The first-order valence-corrected chi connectivity index (χ1v) is 6.56. The first-order valence-electron chi connectivity index (χ1n) is 6.56. The van der Waals surface area contributed by atoms with E-state index < -0.39 is 0 Å². The molecule has 0 aromatic heterocycles. The smallest absolute Gasteiger partial charge is 0.269 e. The van der Waals surface area contributed by atoms with E-state index in [4.69, 9.17) is 0 Å². The molecular weight excluding hydrogens is 228 g/mol. The van der Waals surface area contributed by atoms with Crippen LogP contribution < -0.4 is 5.32 Å². The number of anilines is 1. The van der Waals surface area contributed by atoms with Crippen molar-refractivity contribution in [3.05, 3.63) is 33.9 Å². The molecule has 4 nitrogen and oxygen atoms in total. The fraction of sp³-hybridized carbons (Fsp3) is 0.571. The summed E-state index contributed by atoms with van der Waals surface area (Å²) in [5.41, 5.74) is 2.06. The summed E-state index contributed by atoms with van der Waals surface area (Å²) in [7, 11) is 0. The third-order valence-corrected chi connectivity index (χ3v) is 3.06. The number of unbranched alkanes of at least 4 members (excludes halogenated alkanes) is 2. The van der Waals surface area contributed by atoms with E-state index in [1.807, 2.05) is 6.92 Å². The lowest BCUT2D eigenvalue weighted by Gasteiger charge is -2.16. The molecule has 100 valence electrons. The molecular formula is C14H22N2O2. The van der Waals surface area contributed by atoms with Crippen LogP contribution in [0.2, 0.25) is 0 Å². The summed E-state index contributed by atoms with van der Waals surface area (Å²) in [5, 5.41) is 14.1. The van der Waals surface area contributed by atoms with Gasteiger partial charge in [0.2, 0.25) is 0 Å². The Morgan fingerprint density at radius 2 is 2.11 bits per heavy atom. The Labute approximate surface area is 109 Å². The van der Waals surface area contributed by atoms with Crippen LogP contribution in [0.4, 0.5) is 11.4 Å². The van der Waals surface area contributed by atoms with Gasteiger partial charge in [0.25, 0.3) is 5.69 Å². The first kappa shape index (κ1) is 14.5. The van der Waals surface area contributed by atoms with E-state index in [2.05, 4.69) is 19.2 Å². The molecule has 18 heavy (non-hydrogen) atoms. The molecule has 1 rings (SSSR count). The van der Waals surface area contributed by atoms with Crippen LogP contribution in [0.3, 0.4) is 0 Å². The van der Waals surface area contributed by atoms with Crippen LogP contribution in [-0.4, -0.2) is 11.0 Å². The lowest BCUT2D eigenvalue weighted by atomic mass is 10.1. The van der Waals surface area contributed by atoms with E-state index in [9.17, 15) is 10.1 Å². The summed E-state index contributed by atoms with van der Waals surface area (Å²) in [6.07, 6.45) is 4.83. The number of rotatable bonds is 7. The Hall–Kier alpha value is -1.58. The van der Waals surface area contributed by atoms with Crippen molar-refractivity contribution >= 4 is 11.4 Å². The van der Waals surface area contributed by atoms with Crippen molar-refractivity contribution in [1.29, 1.82) is 0 Å². The molecule has 4 heteroatoms. The van der Waals surface area contributed by atoms with Crippen LogP contribution in [0.5, 0.6) is 0 Å². The van der Waals surface area contributed by atoms with Crippen LogP contribution in [-0.2, 0) is 0 Å².